The second-order valence-electron chi connectivity index (χ2n) is 2.37. The van der Waals surface area contributed by atoms with Crippen LogP contribution in [0.25, 0.3) is 0 Å². The van der Waals surface area contributed by atoms with Crippen molar-refractivity contribution in [1.82, 2.24) is 0 Å². The summed E-state index contributed by atoms with van der Waals surface area (Å²) in [4.78, 5) is 3.91. The van der Waals surface area contributed by atoms with E-state index in [0.29, 0.717) is 5.69 Å². The molecule has 0 bridgehead atoms. The van der Waals surface area contributed by atoms with Crippen LogP contribution in [0.5, 0.6) is 0 Å². The molecule has 68 valence electrons. The van der Waals surface area contributed by atoms with Gasteiger partial charge in [0, 0.05) is 12.3 Å². The van der Waals surface area contributed by atoms with Crippen LogP contribution in [0, 0.1) is 5.82 Å². The molecule has 0 aromatic heterocycles. The Kier molecular flexibility index (Phi) is 3.03. The Morgan fingerprint density at radius 3 is 2.77 bits per heavy atom. The van der Waals surface area contributed by atoms with Gasteiger partial charge in [-0.25, -0.2) is 4.39 Å². The number of aliphatic imine (C=N–C) groups is 1. The molecule has 3 nitrogen and oxygen atoms in total. The van der Waals surface area contributed by atoms with Crippen molar-refractivity contribution >= 4 is 17.6 Å². The Labute approximate surface area is 75.6 Å². The van der Waals surface area contributed by atoms with Gasteiger partial charge in [-0.2, -0.15) is 0 Å². The van der Waals surface area contributed by atoms with Gasteiger partial charge >= 0.3 is 0 Å². The lowest BCUT2D eigenvalue weighted by atomic mass is 10.3. The normalized spacial score (nSPS) is 11.5. The maximum Gasteiger partial charge on any atom is 0.148 e. The molecule has 13 heavy (non-hydrogen) atoms. The molecule has 0 spiro atoms. The van der Waals surface area contributed by atoms with E-state index in [4.69, 9.17) is 11.5 Å². The number of allylic oxidation sites excluding steroid dienone is 1. The van der Waals surface area contributed by atoms with E-state index in [1.165, 1.54) is 24.5 Å². The smallest absolute Gasteiger partial charge is 0.148 e. The number of benzene rings is 1. The fourth-order valence-corrected chi connectivity index (χ4v) is 0.775. The standard InChI is InChI=1S/C9H10FN3/c10-8-6-7(2-3-9(8)12)13-5-1-4-11/h1-6H,11-12H2/b4-1-,13-5?. The predicted molar refractivity (Wildman–Crippen MR) is 52.3 cm³/mol. The highest BCUT2D eigenvalue weighted by Gasteiger charge is 1.96. The minimum Gasteiger partial charge on any atom is -0.405 e. The summed E-state index contributed by atoms with van der Waals surface area (Å²) in [5.41, 5.74) is 11.0. The quantitative estimate of drug-likeness (QED) is 0.534. The molecule has 0 radical (unpaired) electrons. The Hall–Kier alpha value is -1.84. The SMILES string of the molecule is N/C=C\C=Nc1ccc(N)c(F)c1. The van der Waals surface area contributed by atoms with Gasteiger partial charge in [-0.15, -0.1) is 0 Å². The molecule has 0 aliphatic carbocycles. The lowest BCUT2D eigenvalue weighted by Gasteiger charge is -1.96. The zero-order valence-corrected chi connectivity index (χ0v) is 6.94. The number of anilines is 1. The van der Waals surface area contributed by atoms with Crippen LogP contribution in [0.3, 0.4) is 0 Å². The van der Waals surface area contributed by atoms with Crippen molar-refractivity contribution in [2.45, 2.75) is 0 Å². The first-order valence-electron chi connectivity index (χ1n) is 3.70. The monoisotopic (exact) mass is 179 g/mol. The first-order valence-corrected chi connectivity index (χ1v) is 3.70. The van der Waals surface area contributed by atoms with E-state index >= 15 is 0 Å². The van der Waals surface area contributed by atoms with Gasteiger partial charge in [0.15, 0.2) is 0 Å². The minimum absolute atomic E-state index is 0.119. The van der Waals surface area contributed by atoms with Crippen LogP contribution in [-0.4, -0.2) is 6.21 Å². The molecule has 1 aromatic rings. The van der Waals surface area contributed by atoms with Crippen LogP contribution in [0.2, 0.25) is 0 Å². The van der Waals surface area contributed by atoms with E-state index in [2.05, 4.69) is 4.99 Å². The number of hydrogen-bond acceptors (Lipinski definition) is 3. The molecular weight excluding hydrogens is 169 g/mol. The van der Waals surface area contributed by atoms with E-state index in [-0.39, 0.29) is 5.69 Å². The van der Waals surface area contributed by atoms with Gasteiger partial charge in [0.25, 0.3) is 0 Å². The van der Waals surface area contributed by atoms with E-state index in [1.807, 2.05) is 0 Å². The first-order chi connectivity index (χ1) is 6.24. The van der Waals surface area contributed by atoms with Gasteiger partial charge in [-0.05, 0) is 24.4 Å². The van der Waals surface area contributed by atoms with Crippen LogP contribution >= 0.6 is 0 Å². The molecule has 0 saturated heterocycles. The van der Waals surface area contributed by atoms with Crippen molar-refractivity contribution in [3.05, 3.63) is 36.3 Å². The summed E-state index contributed by atoms with van der Waals surface area (Å²) in [5.74, 6) is -0.466. The summed E-state index contributed by atoms with van der Waals surface area (Å²) in [6, 6.07) is 4.35. The molecular formula is C9H10FN3. The maximum atomic E-state index is 12.8. The molecule has 0 atom stereocenters. The molecule has 0 aliphatic rings. The lowest BCUT2D eigenvalue weighted by molar-refractivity contribution is 0.633. The molecule has 0 unspecified atom stereocenters. The Morgan fingerprint density at radius 1 is 1.38 bits per heavy atom. The Morgan fingerprint density at radius 2 is 2.15 bits per heavy atom. The van der Waals surface area contributed by atoms with E-state index in [9.17, 15) is 4.39 Å². The highest BCUT2D eigenvalue weighted by Crippen LogP contribution is 2.17. The summed E-state index contributed by atoms with van der Waals surface area (Å²) in [7, 11) is 0. The van der Waals surface area contributed by atoms with Crippen molar-refractivity contribution in [3.8, 4) is 0 Å². The molecule has 1 aromatic carbocycles. The number of nitrogen functional groups attached to an aromatic ring is 1. The number of hydrogen-bond donors (Lipinski definition) is 2. The molecule has 0 fully saturated rings. The largest absolute Gasteiger partial charge is 0.405 e. The summed E-state index contributed by atoms with van der Waals surface area (Å²) in [6.07, 6.45) is 4.37. The number of rotatable bonds is 2. The summed E-state index contributed by atoms with van der Waals surface area (Å²) in [6.45, 7) is 0. The van der Waals surface area contributed by atoms with Crippen LogP contribution in [0.1, 0.15) is 0 Å². The fourth-order valence-electron chi connectivity index (χ4n) is 0.775. The third-order valence-corrected chi connectivity index (χ3v) is 1.40. The highest BCUT2D eigenvalue weighted by atomic mass is 19.1. The summed E-state index contributed by atoms with van der Waals surface area (Å²) in [5, 5.41) is 0. The first kappa shape index (κ1) is 9.25. The van der Waals surface area contributed by atoms with Crippen LogP contribution in [0.15, 0.2) is 35.5 Å². The molecule has 0 heterocycles. The predicted octanol–water partition coefficient (Wildman–Crippen LogP) is 1.58. The molecule has 0 amide bonds. The second kappa shape index (κ2) is 4.25. The van der Waals surface area contributed by atoms with E-state index < -0.39 is 5.82 Å². The van der Waals surface area contributed by atoms with Crippen molar-refractivity contribution in [2.75, 3.05) is 5.73 Å². The van der Waals surface area contributed by atoms with Gasteiger partial charge < -0.3 is 11.5 Å². The van der Waals surface area contributed by atoms with Crippen molar-refractivity contribution in [3.63, 3.8) is 0 Å². The van der Waals surface area contributed by atoms with E-state index in [0.717, 1.165) is 0 Å². The van der Waals surface area contributed by atoms with Crippen molar-refractivity contribution in [2.24, 2.45) is 10.7 Å². The number of halogens is 1. The lowest BCUT2D eigenvalue weighted by Crippen LogP contribution is -1.88. The average Bonchev–Trinajstić information content (AvgIpc) is 2.12. The average molecular weight is 179 g/mol. The van der Waals surface area contributed by atoms with Gasteiger partial charge in [-0.3, -0.25) is 4.99 Å². The van der Waals surface area contributed by atoms with Gasteiger partial charge in [0.05, 0.1) is 11.4 Å². The molecule has 1 rings (SSSR count). The topological polar surface area (TPSA) is 64.4 Å². The van der Waals surface area contributed by atoms with Crippen LogP contribution in [-0.2, 0) is 0 Å². The summed E-state index contributed by atoms with van der Waals surface area (Å²) >= 11 is 0. The number of nitrogens with two attached hydrogens (primary N) is 2. The van der Waals surface area contributed by atoms with Crippen molar-refractivity contribution < 1.29 is 4.39 Å². The molecule has 0 saturated carbocycles. The second-order valence-corrected chi connectivity index (χ2v) is 2.37. The zero-order valence-electron chi connectivity index (χ0n) is 6.94. The molecule has 4 heteroatoms. The van der Waals surface area contributed by atoms with Crippen LogP contribution in [0.4, 0.5) is 15.8 Å². The Bertz CT molecular complexity index is 345. The van der Waals surface area contributed by atoms with Gasteiger partial charge in [-0.1, -0.05) is 0 Å². The Balaban J connectivity index is 2.85. The van der Waals surface area contributed by atoms with Gasteiger partial charge in [0.1, 0.15) is 5.82 Å². The molecule has 0 aliphatic heterocycles. The third kappa shape index (κ3) is 2.59. The maximum absolute atomic E-state index is 12.8. The van der Waals surface area contributed by atoms with E-state index in [1.54, 1.807) is 12.1 Å². The highest BCUT2D eigenvalue weighted by molar-refractivity contribution is 5.74. The fraction of sp³-hybridized carbons (Fsp3) is 0. The summed E-state index contributed by atoms with van der Waals surface area (Å²) < 4.78 is 12.8. The van der Waals surface area contributed by atoms with Crippen molar-refractivity contribution in [1.29, 1.82) is 0 Å². The minimum atomic E-state index is -0.466. The zero-order chi connectivity index (χ0) is 9.68. The van der Waals surface area contributed by atoms with Gasteiger partial charge in [0.2, 0.25) is 0 Å². The molecule has 4 N–H and O–H groups in total. The van der Waals surface area contributed by atoms with Crippen LogP contribution < -0.4 is 11.5 Å². The third-order valence-electron chi connectivity index (χ3n) is 1.40. The number of nitrogens with zero attached hydrogens (tertiary/aromatic N) is 1.